The van der Waals surface area contributed by atoms with Gasteiger partial charge in [0, 0.05) is 155 Å². The molecule has 0 spiro atoms. The number of nitrogens with zero attached hydrogens (tertiary/aromatic N) is 8. The summed E-state index contributed by atoms with van der Waals surface area (Å²) in [4.78, 5) is 14.7. The van der Waals surface area contributed by atoms with Crippen LogP contribution in [0.15, 0.2) is 509 Å². The lowest BCUT2D eigenvalue weighted by Crippen LogP contribution is -2.15. The Labute approximate surface area is 823 Å². The van der Waals surface area contributed by atoms with Gasteiger partial charge in [0.2, 0.25) is 0 Å². The summed E-state index contributed by atoms with van der Waals surface area (Å²) in [6, 6.07) is 175. The average Bonchev–Trinajstić information content (AvgIpc) is 1.62. The Morgan fingerprint density at radius 1 is 0.143 bits per heavy atom. The number of benzene rings is 21. The molecule has 0 aliphatic carbocycles. The number of aryl methyl sites for hydroxylation is 2. The molecule has 140 heavy (non-hydrogen) atoms. The lowest BCUT2D eigenvalue weighted by atomic mass is 10.00. The van der Waals surface area contributed by atoms with E-state index in [0.29, 0.717) is 0 Å². The fraction of sp³-hybridized carbons (Fsp3) is 0.0233. The molecule has 3 aliphatic rings. The van der Waals surface area contributed by atoms with E-state index in [1.54, 1.807) is 0 Å². The van der Waals surface area contributed by atoms with Gasteiger partial charge in [0.25, 0.3) is 0 Å². The van der Waals surface area contributed by atoms with Gasteiger partial charge in [0.05, 0.1) is 67.2 Å². The summed E-state index contributed by atoms with van der Waals surface area (Å²) in [7, 11) is 6.50. The first-order valence-electron chi connectivity index (χ1n) is 47.7. The molecule has 11 heteroatoms. The molecule has 0 N–H and O–H groups in total. The maximum Gasteiger partial charge on any atom is 0.0602 e. The molecule has 0 fully saturated rings. The fourth-order valence-corrected chi connectivity index (χ4v) is 25.3. The van der Waals surface area contributed by atoms with E-state index < -0.39 is 0 Å². The number of rotatable bonds is 10. The molecule has 5 aromatic heterocycles. The van der Waals surface area contributed by atoms with Crippen LogP contribution in [0.5, 0.6) is 0 Å². The van der Waals surface area contributed by atoms with Gasteiger partial charge >= 0.3 is 0 Å². The molecule has 8 nitrogen and oxygen atoms in total. The zero-order valence-electron chi connectivity index (χ0n) is 76.9. The second-order valence-corrected chi connectivity index (χ2v) is 39.7. The smallest absolute Gasteiger partial charge is 0.0602 e. The molecular weight excluding hydrogens is 1760 g/mol. The van der Waals surface area contributed by atoms with E-state index >= 15 is 0 Å². The Balaban J connectivity index is 0.000000109. The predicted molar refractivity (Wildman–Crippen MR) is 594 cm³/mol. The molecule has 0 atom stereocenters. The number of aromatic nitrogens is 5. The second kappa shape index (κ2) is 33.8. The Kier molecular flexibility index (Phi) is 19.9. The van der Waals surface area contributed by atoms with Crippen molar-refractivity contribution >= 4 is 190 Å². The van der Waals surface area contributed by atoms with Crippen molar-refractivity contribution in [1.29, 1.82) is 0 Å². The van der Waals surface area contributed by atoms with Crippen molar-refractivity contribution in [2.75, 3.05) is 21.7 Å². The molecule has 662 valence electrons. The van der Waals surface area contributed by atoms with Crippen LogP contribution in [0.2, 0.25) is 0 Å². The minimum absolute atomic E-state index is 1.17. The van der Waals surface area contributed by atoms with Crippen LogP contribution in [0, 0.1) is 0 Å². The SMILES string of the molecule is CN1c2ccc(-c3ccc4c(c3)Sc3ccccc3N4c3ccccc3)cc2Sc2cc(-c3ccc4c(c3)Sc3ccccc3N4c3ccccc3)ccc21.Cn1c2ccc(-c3ccc(-n4c5ccccc5c5ccccc54)cc3)cc2c2cc(-c3ccc(-n4c5ccccc5c5ccccc54)cc3)ccc21.Cn1c2ccccc2c2cc(-c3ccc(-n4c5ccccc5c5ccccc54)cc3)ccc21. The van der Waals surface area contributed by atoms with E-state index in [9.17, 15) is 0 Å². The third-order valence-corrected chi connectivity index (χ3v) is 32.0. The van der Waals surface area contributed by atoms with Gasteiger partial charge in [-0.05, 0) is 268 Å². The zero-order chi connectivity index (χ0) is 92.7. The van der Waals surface area contributed by atoms with Crippen LogP contribution < -0.4 is 14.7 Å². The van der Waals surface area contributed by atoms with E-state index in [2.05, 4.69) is 538 Å². The van der Waals surface area contributed by atoms with Crippen molar-refractivity contribution < 1.29 is 0 Å². The molecule has 0 bridgehead atoms. The van der Waals surface area contributed by atoms with E-state index in [1.165, 1.54) is 257 Å². The minimum Gasteiger partial charge on any atom is -0.344 e. The number of anilines is 8. The van der Waals surface area contributed by atoms with Crippen LogP contribution in [-0.2, 0) is 14.1 Å². The highest BCUT2D eigenvalue weighted by molar-refractivity contribution is 8.00. The van der Waals surface area contributed by atoms with Gasteiger partial charge in [-0.15, -0.1) is 0 Å². The molecule has 0 radical (unpaired) electrons. The summed E-state index contributed by atoms with van der Waals surface area (Å²) >= 11 is 5.58. The lowest BCUT2D eigenvalue weighted by Gasteiger charge is -2.33. The van der Waals surface area contributed by atoms with Crippen LogP contribution in [0.25, 0.3) is 182 Å². The molecule has 21 aromatic carbocycles. The van der Waals surface area contributed by atoms with Crippen LogP contribution >= 0.6 is 35.3 Å². The average molecular weight is 1850 g/mol. The highest BCUT2D eigenvalue weighted by Crippen LogP contribution is 2.57. The molecule has 0 amide bonds. The van der Waals surface area contributed by atoms with Crippen molar-refractivity contribution in [1.82, 2.24) is 22.8 Å². The molecule has 0 saturated heterocycles. The largest absolute Gasteiger partial charge is 0.344 e. The molecular formula is C129H88N8S3. The summed E-state index contributed by atoms with van der Waals surface area (Å²) in [5.74, 6) is 0. The van der Waals surface area contributed by atoms with Gasteiger partial charge in [0.15, 0.2) is 0 Å². The maximum absolute atomic E-state index is 2.39. The number of para-hydroxylation sites is 11. The summed E-state index contributed by atoms with van der Waals surface area (Å²) in [5, 5.41) is 12.8. The van der Waals surface area contributed by atoms with Crippen molar-refractivity contribution in [2.45, 2.75) is 29.4 Å². The minimum atomic E-state index is 1.17. The predicted octanol–water partition coefficient (Wildman–Crippen LogP) is 36.1. The highest BCUT2D eigenvalue weighted by Gasteiger charge is 2.30. The summed E-state index contributed by atoms with van der Waals surface area (Å²) in [5.41, 5.74) is 37.8. The summed E-state index contributed by atoms with van der Waals surface area (Å²) in [6.45, 7) is 0. The van der Waals surface area contributed by atoms with Crippen LogP contribution in [0.1, 0.15) is 0 Å². The van der Waals surface area contributed by atoms with Gasteiger partial charge in [-0.3, -0.25) is 0 Å². The fourth-order valence-electron chi connectivity index (χ4n) is 21.9. The highest BCUT2D eigenvalue weighted by atomic mass is 32.2. The first-order chi connectivity index (χ1) is 69.2. The summed E-state index contributed by atoms with van der Waals surface area (Å²) < 4.78 is 11.7. The Morgan fingerprint density at radius 3 is 0.679 bits per heavy atom. The monoisotopic (exact) mass is 1840 g/mol. The molecule has 8 heterocycles. The molecule has 3 aliphatic heterocycles. The first kappa shape index (κ1) is 82.5. The van der Waals surface area contributed by atoms with Crippen molar-refractivity contribution in [2.24, 2.45) is 14.1 Å². The van der Waals surface area contributed by atoms with E-state index in [-0.39, 0.29) is 0 Å². The standard InChI is InChI=1S/C49H33N3S3.C49H33N3.C31H22N2/c1-50-38-24-20-32(34-22-26-42-48(30-34)53-44-18-10-8-16-40(44)51(42)36-12-4-2-5-13-36)28-46(38)55-47-29-33(21-25-39(47)50)35-23-27-43-49(31-35)54-45-19-11-9-17-41(45)52(43)37-14-6-3-7-15-37;1-50-44-28-22-34(32-18-24-36(25-19-32)51-46-14-6-2-10-38(46)39-11-3-7-15-47(39)51)30-42(44)43-31-35(23-29-45(43)50)33-20-26-37(27-21-33)52-48-16-8-4-12-40(48)41-13-5-9-17-49(41)52;1-32-28-11-5-2-10-26(28)27-20-22(16-19-29(27)32)21-14-17-23(18-15-21)33-30-12-6-3-8-24(30)25-9-4-7-13-31(25)33/h2-31H,1H3;2-31H,1H3;2-20H,1H3. The molecule has 0 saturated carbocycles. The molecule has 0 unspecified atom stereocenters. The quantitative estimate of drug-likeness (QED) is 0.136. The van der Waals surface area contributed by atoms with Gasteiger partial charge < -0.3 is 37.5 Å². The molecule has 29 rings (SSSR count). The van der Waals surface area contributed by atoms with E-state index in [1.807, 2.05) is 35.3 Å². The van der Waals surface area contributed by atoms with Crippen molar-refractivity contribution in [3.05, 3.63) is 479 Å². The van der Waals surface area contributed by atoms with Gasteiger partial charge in [-0.25, -0.2) is 0 Å². The number of fused-ring (bicyclic) bond motifs is 21. The number of hydrogen-bond acceptors (Lipinski definition) is 6. The molecule has 26 aromatic rings. The maximum atomic E-state index is 2.39. The lowest BCUT2D eigenvalue weighted by molar-refractivity contribution is 1.01. The van der Waals surface area contributed by atoms with E-state index in [4.69, 9.17) is 0 Å². The second-order valence-electron chi connectivity index (χ2n) is 36.5. The van der Waals surface area contributed by atoms with Crippen LogP contribution in [-0.4, -0.2) is 29.9 Å². The third kappa shape index (κ3) is 13.8. The normalized spacial score (nSPS) is 12.6. The Morgan fingerprint density at radius 2 is 0.357 bits per heavy atom. The van der Waals surface area contributed by atoms with Crippen molar-refractivity contribution in [3.8, 4) is 72.7 Å². The third-order valence-electron chi connectivity index (χ3n) is 28.6. The zero-order valence-corrected chi connectivity index (χ0v) is 79.4. The summed E-state index contributed by atoms with van der Waals surface area (Å²) in [6.07, 6.45) is 0. The van der Waals surface area contributed by atoms with Gasteiger partial charge in [-0.1, -0.05) is 302 Å². The van der Waals surface area contributed by atoms with Crippen LogP contribution in [0.4, 0.5) is 45.5 Å². The van der Waals surface area contributed by atoms with Gasteiger partial charge in [0.1, 0.15) is 0 Å². The Hall–Kier alpha value is -16.9. The number of hydrogen-bond donors (Lipinski definition) is 0. The van der Waals surface area contributed by atoms with Gasteiger partial charge in [-0.2, -0.15) is 0 Å². The van der Waals surface area contributed by atoms with Crippen molar-refractivity contribution in [3.63, 3.8) is 0 Å². The first-order valence-corrected chi connectivity index (χ1v) is 50.1. The van der Waals surface area contributed by atoms with E-state index in [0.717, 1.165) is 0 Å². The van der Waals surface area contributed by atoms with Crippen LogP contribution in [0.3, 0.4) is 0 Å². The topological polar surface area (TPSA) is 34.4 Å². The Bertz CT molecular complexity index is 8910.